The van der Waals surface area contributed by atoms with E-state index in [0.717, 1.165) is 48.2 Å². The van der Waals surface area contributed by atoms with Gasteiger partial charge in [0.15, 0.2) is 5.13 Å². The fraction of sp³-hybridized carbons (Fsp3) is 0.500. The quantitative estimate of drug-likeness (QED) is 0.640. The van der Waals surface area contributed by atoms with Crippen molar-refractivity contribution in [2.24, 2.45) is 7.05 Å². The number of anilines is 1. The molecular weight excluding hydrogens is 278 g/mol. The van der Waals surface area contributed by atoms with E-state index in [1.54, 1.807) is 0 Å². The highest BCUT2D eigenvalue weighted by atomic mass is 32.1. The summed E-state index contributed by atoms with van der Waals surface area (Å²) in [5, 5.41) is 11.6. The van der Waals surface area contributed by atoms with Gasteiger partial charge in [0.1, 0.15) is 12.0 Å². The average molecular weight is 293 g/mol. The molecular formula is C12H15N5O2S. The lowest BCUT2D eigenvalue weighted by Gasteiger charge is -2.31. The molecule has 0 saturated carbocycles. The fourth-order valence-electron chi connectivity index (χ4n) is 2.62. The first-order valence-corrected chi connectivity index (χ1v) is 7.29. The van der Waals surface area contributed by atoms with Crippen molar-refractivity contribution >= 4 is 21.5 Å². The summed E-state index contributed by atoms with van der Waals surface area (Å²) in [5.41, 5.74) is 0. The Morgan fingerprint density at radius 3 is 3.00 bits per heavy atom. The molecule has 7 nitrogen and oxygen atoms in total. The molecule has 0 radical (unpaired) electrons. The van der Waals surface area contributed by atoms with Gasteiger partial charge in [0.05, 0.1) is 4.92 Å². The van der Waals surface area contributed by atoms with Gasteiger partial charge in [0, 0.05) is 38.4 Å². The smallest absolute Gasteiger partial charge is 0.345 e. The number of rotatable bonds is 3. The Morgan fingerprint density at radius 2 is 2.35 bits per heavy atom. The van der Waals surface area contributed by atoms with Crippen LogP contribution in [0.4, 0.5) is 10.1 Å². The number of aryl methyl sites for hydroxylation is 1. The normalized spacial score (nSPS) is 19.2. The van der Waals surface area contributed by atoms with Crippen molar-refractivity contribution in [2.45, 2.75) is 18.8 Å². The van der Waals surface area contributed by atoms with E-state index in [2.05, 4.69) is 14.9 Å². The van der Waals surface area contributed by atoms with Crippen LogP contribution in [0.5, 0.6) is 0 Å². The van der Waals surface area contributed by atoms with Crippen molar-refractivity contribution in [3.8, 4) is 0 Å². The van der Waals surface area contributed by atoms with Crippen LogP contribution in [0.15, 0.2) is 18.6 Å². The highest BCUT2D eigenvalue weighted by Gasteiger charge is 2.26. The first-order chi connectivity index (χ1) is 9.65. The minimum absolute atomic E-state index is 0.0964. The van der Waals surface area contributed by atoms with Crippen molar-refractivity contribution in [2.75, 3.05) is 18.0 Å². The largest absolute Gasteiger partial charge is 0.347 e. The van der Waals surface area contributed by atoms with Crippen molar-refractivity contribution in [3.05, 3.63) is 34.5 Å². The Balaban J connectivity index is 1.77. The van der Waals surface area contributed by atoms with Crippen LogP contribution in [0.2, 0.25) is 0 Å². The van der Waals surface area contributed by atoms with Crippen molar-refractivity contribution < 1.29 is 4.92 Å². The van der Waals surface area contributed by atoms with E-state index in [0.29, 0.717) is 5.92 Å². The SMILES string of the molecule is Cn1ccnc1[C@H]1CCCN(c2ncc([N+](=O)[O-])s2)C1. The molecule has 106 valence electrons. The van der Waals surface area contributed by atoms with Gasteiger partial charge in [0.2, 0.25) is 0 Å². The number of hydrogen-bond acceptors (Lipinski definition) is 6. The lowest BCUT2D eigenvalue weighted by atomic mass is 9.97. The second-order valence-electron chi connectivity index (χ2n) is 4.92. The maximum Gasteiger partial charge on any atom is 0.345 e. The Morgan fingerprint density at radius 1 is 1.50 bits per heavy atom. The average Bonchev–Trinajstić information content (AvgIpc) is 3.07. The molecule has 0 N–H and O–H groups in total. The van der Waals surface area contributed by atoms with Crippen LogP contribution in [0.1, 0.15) is 24.6 Å². The van der Waals surface area contributed by atoms with Gasteiger partial charge in [-0.15, -0.1) is 0 Å². The van der Waals surface area contributed by atoms with Crippen molar-refractivity contribution in [1.82, 2.24) is 14.5 Å². The molecule has 2 aromatic heterocycles. The Kier molecular flexibility index (Phi) is 3.39. The molecule has 2 aromatic rings. The number of imidazole rings is 1. The predicted octanol–water partition coefficient (Wildman–Crippen LogP) is 2.17. The van der Waals surface area contributed by atoms with Crippen molar-refractivity contribution in [3.63, 3.8) is 0 Å². The first-order valence-electron chi connectivity index (χ1n) is 6.47. The molecule has 8 heteroatoms. The topological polar surface area (TPSA) is 77.1 Å². The summed E-state index contributed by atoms with van der Waals surface area (Å²) >= 11 is 1.14. The van der Waals surface area contributed by atoms with E-state index < -0.39 is 0 Å². The molecule has 1 fully saturated rings. The molecule has 20 heavy (non-hydrogen) atoms. The zero-order chi connectivity index (χ0) is 14.1. The van der Waals surface area contributed by atoms with Gasteiger partial charge in [-0.05, 0) is 24.2 Å². The maximum absolute atomic E-state index is 10.7. The van der Waals surface area contributed by atoms with Gasteiger partial charge in [-0.2, -0.15) is 0 Å². The van der Waals surface area contributed by atoms with Gasteiger partial charge >= 0.3 is 5.00 Å². The van der Waals surface area contributed by atoms with Gasteiger partial charge in [0.25, 0.3) is 0 Å². The summed E-state index contributed by atoms with van der Waals surface area (Å²) in [7, 11) is 2.00. The van der Waals surface area contributed by atoms with Crippen LogP contribution in [0.3, 0.4) is 0 Å². The summed E-state index contributed by atoms with van der Waals surface area (Å²) in [6.07, 6.45) is 7.23. The van der Waals surface area contributed by atoms with Crippen LogP contribution in [0, 0.1) is 10.1 Å². The minimum Gasteiger partial charge on any atom is -0.347 e. The van der Waals surface area contributed by atoms with E-state index in [9.17, 15) is 10.1 Å². The summed E-state index contributed by atoms with van der Waals surface area (Å²) in [6, 6.07) is 0. The number of hydrogen-bond donors (Lipinski definition) is 0. The molecule has 3 rings (SSSR count). The molecule has 1 aliphatic rings. The summed E-state index contributed by atoms with van der Waals surface area (Å²) in [4.78, 5) is 21.1. The number of piperidine rings is 1. The first kappa shape index (κ1) is 13.0. The highest BCUT2D eigenvalue weighted by molar-refractivity contribution is 7.18. The molecule has 0 aromatic carbocycles. The number of nitro groups is 1. The van der Waals surface area contributed by atoms with E-state index in [-0.39, 0.29) is 9.92 Å². The molecule has 1 atom stereocenters. The minimum atomic E-state index is -0.388. The van der Waals surface area contributed by atoms with Gasteiger partial charge in [-0.1, -0.05) is 0 Å². The van der Waals surface area contributed by atoms with Gasteiger partial charge < -0.3 is 9.47 Å². The molecule has 1 aliphatic heterocycles. The molecule has 0 unspecified atom stereocenters. The second kappa shape index (κ2) is 5.20. The molecule has 0 aliphatic carbocycles. The van der Waals surface area contributed by atoms with E-state index in [1.807, 2.05) is 24.0 Å². The Bertz CT molecular complexity index is 623. The number of nitrogens with zero attached hydrogens (tertiary/aromatic N) is 5. The predicted molar refractivity (Wildman–Crippen MR) is 76.2 cm³/mol. The third-order valence-corrected chi connectivity index (χ3v) is 4.59. The zero-order valence-corrected chi connectivity index (χ0v) is 11.9. The van der Waals surface area contributed by atoms with Crippen LogP contribution in [-0.4, -0.2) is 32.5 Å². The molecule has 0 bridgehead atoms. The molecule has 0 amide bonds. The van der Waals surface area contributed by atoms with E-state index >= 15 is 0 Å². The molecule has 1 saturated heterocycles. The number of aromatic nitrogens is 3. The van der Waals surface area contributed by atoms with Gasteiger partial charge in [-0.3, -0.25) is 10.1 Å². The van der Waals surface area contributed by atoms with Crippen LogP contribution < -0.4 is 4.90 Å². The Hall–Kier alpha value is -1.96. The second-order valence-corrected chi connectivity index (χ2v) is 5.91. The van der Waals surface area contributed by atoms with Crippen molar-refractivity contribution in [1.29, 1.82) is 0 Å². The molecule has 3 heterocycles. The lowest BCUT2D eigenvalue weighted by molar-refractivity contribution is -0.380. The lowest BCUT2D eigenvalue weighted by Crippen LogP contribution is -2.35. The van der Waals surface area contributed by atoms with E-state index in [4.69, 9.17) is 0 Å². The Labute approximate surface area is 120 Å². The summed E-state index contributed by atoms with van der Waals surface area (Å²) < 4.78 is 2.04. The van der Waals surface area contributed by atoms with Crippen LogP contribution in [0.25, 0.3) is 0 Å². The molecule has 0 spiro atoms. The number of thiazole rings is 1. The maximum atomic E-state index is 10.7. The van der Waals surface area contributed by atoms with Crippen LogP contribution in [-0.2, 0) is 7.05 Å². The standard InChI is InChI=1S/C12H15N5O2S/c1-15-6-4-13-11(15)9-3-2-5-16(8-9)12-14-7-10(20-12)17(18)19/h4,6-7,9H,2-3,5,8H2,1H3/t9-/m0/s1. The third kappa shape index (κ3) is 2.38. The summed E-state index contributed by atoms with van der Waals surface area (Å²) in [5.74, 6) is 1.42. The van der Waals surface area contributed by atoms with Crippen LogP contribution >= 0.6 is 11.3 Å². The zero-order valence-electron chi connectivity index (χ0n) is 11.1. The van der Waals surface area contributed by atoms with E-state index in [1.165, 1.54) is 6.20 Å². The third-order valence-electron chi connectivity index (χ3n) is 3.58. The highest BCUT2D eigenvalue weighted by Crippen LogP contribution is 2.33. The fourth-order valence-corrected chi connectivity index (χ4v) is 3.39. The monoisotopic (exact) mass is 293 g/mol. The summed E-state index contributed by atoms with van der Waals surface area (Å²) in [6.45, 7) is 1.71. The van der Waals surface area contributed by atoms with Gasteiger partial charge in [-0.25, -0.2) is 9.97 Å².